The van der Waals surface area contributed by atoms with Gasteiger partial charge in [-0.2, -0.15) is 0 Å². The lowest BCUT2D eigenvalue weighted by atomic mass is 10.00. The van der Waals surface area contributed by atoms with Gasteiger partial charge in [-0.3, -0.25) is 0 Å². The maximum atomic E-state index is 9.92. The molecule has 1 aromatic carbocycles. The van der Waals surface area contributed by atoms with Gasteiger partial charge in [0.2, 0.25) is 6.29 Å². The summed E-state index contributed by atoms with van der Waals surface area (Å²) in [4.78, 5) is 0. The molecule has 0 saturated carbocycles. The first-order chi connectivity index (χ1) is 9.56. The standard InChI is InChI=1S/C14H19IO5/c1-2-8-3-5-9(6-4-8)19-14-13(18)12(17)11(16)10(7-15)20-14/h3-6,10-14,16-18H,2,7H2,1H3/t10-,11-,12+,13-,14-/m1/s1. The Morgan fingerprint density at radius 3 is 2.30 bits per heavy atom. The Bertz CT molecular complexity index is 422. The molecule has 0 amide bonds. The van der Waals surface area contributed by atoms with Gasteiger partial charge in [0.25, 0.3) is 0 Å². The summed E-state index contributed by atoms with van der Waals surface area (Å²) in [6, 6.07) is 7.47. The Balaban J connectivity index is 2.06. The zero-order chi connectivity index (χ0) is 14.7. The third-order valence-corrected chi connectivity index (χ3v) is 4.27. The molecule has 0 unspecified atom stereocenters. The molecular weight excluding hydrogens is 375 g/mol. The maximum absolute atomic E-state index is 9.92. The molecule has 5 atom stereocenters. The van der Waals surface area contributed by atoms with Crippen molar-refractivity contribution >= 4 is 22.6 Å². The minimum absolute atomic E-state index is 0.497. The van der Waals surface area contributed by atoms with Gasteiger partial charge in [0, 0.05) is 4.43 Å². The first kappa shape index (κ1) is 16.0. The summed E-state index contributed by atoms with van der Waals surface area (Å²) in [6.45, 7) is 2.06. The summed E-state index contributed by atoms with van der Waals surface area (Å²) in [6.07, 6.45) is -4.28. The Morgan fingerprint density at radius 2 is 1.75 bits per heavy atom. The monoisotopic (exact) mass is 394 g/mol. The van der Waals surface area contributed by atoms with Gasteiger partial charge in [0.05, 0.1) is 6.10 Å². The average Bonchev–Trinajstić information content (AvgIpc) is 2.48. The van der Waals surface area contributed by atoms with Crippen molar-refractivity contribution in [3.8, 4) is 5.75 Å². The highest BCUT2D eigenvalue weighted by molar-refractivity contribution is 14.1. The molecule has 0 aliphatic carbocycles. The number of aliphatic hydroxyl groups excluding tert-OH is 3. The van der Waals surface area contributed by atoms with Crippen LogP contribution in [0.3, 0.4) is 0 Å². The van der Waals surface area contributed by atoms with Gasteiger partial charge < -0.3 is 24.8 Å². The molecule has 1 aliphatic heterocycles. The summed E-state index contributed by atoms with van der Waals surface area (Å²) in [7, 11) is 0. The normalized spacial score (nSPS) is 34.0. The minimum Gasteiger partial charge on any atom is -0.462 e. The Labute approximate surface area is 131 Å². The van der Waals surface area contributed by atoms with E-state index < -0.39 is 30.7 Å². The van der Waals surface area contributed by atoms with Crippen molar-refractivity contribution in [2.24, 2.45) is 0 Å². The smallest absolute Gasteiger partial charge is 0.229 e. The molecule has 1 fully saturated rings. The molecule has 20 heavy (non-hydrogen) atoms. The van der Waals surface area contributed by atoms with Crippen LogP contribution in [0, 0.1) is 0 Å². The molecule has 1 saturated heterocycles. The number of hydrogen-bond acceptors (Lipinski definition) is 5. The van der Waals surface area contributed by atoms with Gasteiger partial charge in [0.15, 0.2) is 0 Å². The van der Waals surface area contributed by atoms with Crippen molar-refractivity contribution in [2.45, 2.75) is 44.1 Å². The van der Waals surface area contributed by atoms with E-state index in [1.165, 1.54) is 5.56 Å². The summed E-state index contributed by atoms with van der Waals surface area (Å²) in [5.74, 6) is 0.557. The Hall–Kier alpha value is -0.410. The van der Waals surface area contributed by atoms with Crippen molar-refractivity contribution < 1.29 is 24.8 Å². The van der Waals surface area contributed by atoms with E-state index in [9.17, 15) is 15.3 Å². The Kier molecular flexibility index (Phi) is 5.62. The van der Waals surface area contributed by atoms with E-state index in [0.717, 1.165) is 6.42 Å². The highest BCUT2D eigenvalue weighted by Gasteiger charge is 2.44. The molecule has 3 N–H and O–H groups in total. The molecular formula is C14H19IO5. The van der Waals surface area contributed by atoms with Gasteiger partial charge in [-0.1, -0.05) is 41.6 Å². The van der Waals surface area contributed by atoms with Crippen LogP contribution in [-0.2, 0) is 11.2 Å². The van der Waals surface area contributed by atoms with Gasteiger partial charge >= 0.3 is 0 Å². The zero-order valence-electron chi connectivity index (χ0n) is 11.1. The number of halogens is 1. The second-order valence-electron chi connectivity index (χ2n) is 4.78. The SMILES string of the molecule is CCc1ccc(O[C@@H]2O[C@H](CI)[C@@H](O)[C@H](O)[C@H]2O)cc1. The van der Waals surface area contributed by atoms with Crippen LogP contribution in [0.4, 0.5) is 0 Å². The topological polar surface area (TPSA) is 79.2 Å². The number of ether oxygens (including phenoxy) is 2. The van der Waals surface area contributed by atoms with Crippen molar-refractivity contribution in [1.82, 2.24) is 0 Å². The summed E-state index contributed by atoms with van der Waals surface area (Å²) in [5, 5.41) is 29.5. The predicted molar refractivity (Wildman–Crippen MR) is 82.0 cm³/mol. The highest BCUT2D eigenvalue weighted by atomic mass is 127. The molecule has 1 aromatic rings. The van der Waals surface area contributed by atoms with Crippen LogP contribution in [0.5, 0.6) is 5.75 Å². The van der Waals surface area contributed by atoms with Crippen molar-refractivity contribution in [3.63, 3.8) is 0 Å². The fraction of sp³-hybridized carbons (Fsp3) is 0.571. The molecule has 0 aromatic heterocycles. The van der Waals surface area contributed by atoms with Crippen molar-refractivity contribution in [1.29, 1.82) is 0 Å². The fourth-order valence-corrected chi connectivity index (χ4v) is 2.81. The molecule has 5 nitrogen and oxygen atoms in total. The van der Waals surface area contributed by atoms with E-state index in [4.69, 9.17) is 9.47 Å². The van der Waals surface area contributed by atoms with Gasteiger partial charge in [0.1, 0.15) is 24.1 Å². The van der Waals surface area contributed by atoms with Crippen LogP contribution >= 0.6 is 22.6 Å². The fourth-order valence-electron chi connectivity index (χ4n) is 2.08. The molecule has 2 rings (SSSR count). The van der Waals surface area contributed by atoms with Crippen molar-refractivity contribution in [3.05, 3.63) is 29.8 Å². The molecule has 6 heteroatoms. The average molecular weight is 394 g/mol. The van der Waals surface area contributed by atoms with Crippen LogP contribution in [0.1, 0.15) is 12.5 Å². The molecule has 0 radical (unpaired) electrons. The summed E-state index contributed by atoms with van der Waals surface area (Å²) < 4.78 is 11.6. The van der Waals surface area contributed by atoms with E-state index >= 15 is 0 Å². The number of benzene rings is 1. The second kappa shape index (κ2) is 7.04. The molecule has 0 bridgehead atoms. The second-order valence-corrected chi connectivity index (χ2v) is 5.67. The molecule has 112 valence electrons. The summed E-state index contributed by atoms with van der Waals surface area (Å²) in [5.41, 5.74) is 1.18. The van der Waals surface area contributed by atoms with Crippen LogP contribution in [0.2, 0.25) is 0 Å². The lowest BCUT2D eigenvalue weighted by Crippen LogP contribution is -2.59. The van der Waals surface area contributed by atoms with Crippen LogP contribution in [0.25, 0.3) is 0 Å². The molecule has 0 spiro atoms. The van der Waals surface area contributed by atoms with E-state index in [0.29, 0.717) is 10.2 Å². The first-order valence-corrected chi connectivity index (χ1v) is 8.10. The number of rotatable bonds is 4. The van der Waals surface area contributed by atoms with E-state index in [1.807, 2.05) is 12.1 Å². The van der Waals surface area contributed by atoms with Gasteiger partial charge in [-0.25, -0.2) is 0 Å². The Morgan fingerprint density at radius 1 is 1.10 bits per heavy atom. The van der Waals surface area contributed by atoms with Crippen molar-refractivity contribution in [2.75, 3.05) is 4.43 Å². The minimum atomic E-state index is -1.28. The van der Waals surface area contributed by atoms with Gasteiger partial charge in [-0.15, -0.1) is 0 Å². The predicted octanol–water partition coefficient (Wildman–Crippen LogP) is 0.870. The number of hydrogen-bond donors (Lipinski definition) is 3. The van der Waals surface area contributed by atoms with Crippen LogP contribution in [-0.4, -0.2) is 50.5 Å². The molecule has 1 heterocycles. The largest absolute Gasteiger partial charge is 0.462 e. The third kappa shape index (κ3) is 3.43. The maximum Gasteiger partial charge on any atom is 0.229 e. The first-order valence-electron chi connectivity index (χ1n) is 6.58. The third-order valence-electron chi connectivity index (χ3n) is 3.40. The van der Waals surface area contributed by atoms with Crippen LogP contribution in [0.15, 0.2) is 24.3 Å². The zero-order valence-corrected chi connectivity index (χ0v) is 13.3. The van der Waals surface area contributed by atoms with Crippen LogP contribution < -0.4 is 4.74 Å². The number of aryl methyl sites for hydroxylation is 1. The number of aliphatic hydroxyl groups is 3. The number of alkyl halides is 1. The van der Waals surface area contributed by atoms with E-state index in [1.54, 1.807) is 12.1 Å². The molecule has 1 aliphatic rings. The van der Waals surface area contributed by atoms with Gasteiger partial charge in [-0.05, 0) is 24.1 Å². The summed E-state index contributed by atoms with van der Waals surface area (Å²) >= 11 is 2.06. The van der Waals surface area contributed by atoms with E-state index in [2.05, 4.69) is 29.5 Å². The highest BCUT2D eigenvalue weighted by Crippen LogP contribution is 2.25. The lowest BCUT2D eigenvalue weighted by Gasteiger charge is -2.39. The quantitative estimate of drug-likeness (QED) is 0.522. The van der Waals surface area contributed by atoms with E-state index in [-0.39, 0.29) is 0 Å². The lowest BCUT2D eigenvalue weighted by molar-refractivity contribution is -0.266.